The largest absolute Gasteiger partial charge is 0.494 e. The summed E-state index contributed by atoms with van der Waals surface area (Å²) >= 11 is 0. The first-order valence-corrected chi connectivity index (χ1v) is 23.6. The van der Waals surface area contributed by atoms with Crippen molar-refractivity contribution >= 4 is 42.0 Å². The number of hydrogen-bond acceptors (Lipinski definition) is 15. The van der Waals surface area contributed by atoms with Crippen LogP contribution in [-0.2, 0) is 38.1 Å². The standard InChI is InChI=1S/C53H63NO14/c1-3-48(55)63-33-11-7-5-9-31-61-41-19-13-37(14-20-41)50(57)65-43-21-15-39(16-22-43)52(59)68-46-29-30-47(40(35-46)36-54)53(60)67-44-23-17-38(18-24-44)51(58)66-45-27-25-42(26-28-45)62-32-10-6-8-12-34-64-49(56)4-2/h3-4,13-14,19-20,25-30,35-36,38-39,43-44,54H,1-2,5-12,15-18,21-24,31-34H2/t38?,39-,43+,44?. The summed E-state index contributed by atoms with van der Waals surface area (Å²) in [6.45, 7) is 8.55. The quantitative estimate of drug-likeness (QED) is 0.0189. The average molecular weight is 938 g/mol. The molecular formula is C53H63NO14. The molecule has 0 radical (unpaired) electrons. The van der Waals surface area contributed by atoms with Gasteiger partial charge >= 0.3 is 35.8 Å². The highest BCUT2D eigenvalue weighted by Crippen LogP contribution is 2.32. The lowest BCUT2D eigenvalue weighted by atomic mass is 9.87. The molecule has 0 aliphatic heterocycles. The van der Waals surface area contributed by atoms with Gasteiger partial charge in [-0.15, -0.1) is 0 Å². The fourth-order valence-electron chi connectivity index (χ4n) is 7.83. The summed E-state index contributed by atoms with van der Waals surface area (Å²) in [6, 6.07) is 18.1. The molecular weight excluding hydrogens is 875 g/mol. The van der Waals surface area contributed by atoms with E-state index in [9.17, 15) is 28.8 Å². The summed E-state index contributed by atoms with van der Waals surface area (Å²) in [7, 11) is 0. The van der Waals surface area contributed by atoms with Crippen molar-refractivity contribution in [3.8, 4) is 23.0 Å². The Kier molecular flexibility index (Phi) is 21.8. The molecule has 0 amide bonds. The normalized spacial score (nSPS) is 17.6. The van der Waals surface area contributed by atoms with E-state index >= 15 is 0 Å². The smallest absolute Gasteiger partial charge is 0.339 e. The maximum atomic E-state index is 13.2. The van der Waals surface area contributed by atoms with Crippen LogP contribution in [0.25, 0.3) is 0 Å². The third-order valence-electron chi connectivity index (χ3n) is 11.7. The van der Waals surface area contributed by atoms with E-state index in [0.29, 0.717) is 101 Å². The van der Waals surface area contributed by atoms with Gasteiger partial charge in [-0.25, -0.2) is 19.2 Å². The van der Waals surface area contributed by atoms with Crippen molar-refractivity contribution in [2.24, 2.45) is 11.8 Å². The minimum Gasteiger partial charge on any atom is -0.494 e. The van der Waals surface area contributed by atoms with Crippen molar-refractivity contribution < 1.29 is 66.7 Å². The maximum Gasteiger partial charge on any atom is 0.339 e. The predicted molar refractivity (Wildman–Crippen MR) is 251 cm³/mol. The molecule has 2 aliphatic carbocycles. The van der Waals surface area contributed by atoms with E-state index in [1.165, 1.54) is 18.2 Å². The van der Waals surface area contributed by atoms with Gasteiger partial charge in [-0.05, 0) is 169 Å². The molecule has 0 heterocycles. The molecule has 364 valence electrons. The van der Waals surface area contributed by atoms with E-state index in [0.717, 1.165) is 69.7 Å². The van der Waals surface area contributed by atoms with Crippen LogP contribution in [-0.4, -0.2) is 80.7 Å². The average Bonchev–Trinajstić information content (AvgIpc) is 3.36. The SMILES string of the molecule is C=CC(=O)OCCCCCCOc1ccc(OC(=O)C2CCC(OC(=O)c3ccc(OC(=O)[C@H]4CC[C@@H](OC(=O)c5ccc(OCCCCCCOC(=O)C=C)cc5)CC4)cc3C=N)CC2)cc1. The van der Waals surface area contributed by atoms with Crippen molar-refractivity contribution in [3.63, 3.8) is 0 Å². The zero-order chi connectivity index (χ0) is 48.5. The van der Waals surface area contributed by atoms with Crippen LogP contribution in [0.2, 0.25) is 0 Å². The number of carbonyl (C=O) groups excluding carboxylic acids is 6. The molecule has 0 atom stereocenters. The summed E-state index contributed by atoms with van der Waals surface area (Å²) in [5.74, 6) is -1.48. The Hall–Kier alpha value is -6.77. The number of carbonyl (C=O) groups is 6. The van der Waals surface area contributed by atoms with Crippen LogP contribution in [0.1, 0.15) is 129 Å². The highest BCUT2D eigenvalue weighted by molar-refractivity contribution is 5.99. The highest BCUT2D eigenvalue weighted by Gasteiger charge is 2.32. The summed E-state index contributed by atoms with van der Waals surface area (Å²) in [4.78, 5) is 74.3. The van der Waals surface area contributed by atoms with Crippen molar-refractivity contribution in [2.75, 3.05) is 26.4 Å². The van der Waals surface area contributed by atoms with Crippen molar-refractivity contribution in [2.45, 2.75) is 115 Å². The van der Waals surface area contributed by atoms with Gasteiger partial charge in [0.25, 0.3) is 0 Å². The van der Waals surface area contributed by atoms with Crippen molar-refractivity contribution in [1.29, 1.82) is 5.41 Å². The van der Waals surface area contributed by atoms with Gasteiger partial charge in [0.1, 0.15) is 35.2 Å². The van der Waals surface area contributed by atoms with Gasteiger partial charge in [0.2, 0.25) is 0 Å². The summed E-state index contributed by atoms with van der Waals surface area (Å²) < 4.78 is 44.3. The van der Waals surface area contributed by atoms with Gasteiger partial charge in [0, 0.05) is 23.9 Å². The lowest BCUT2D eigenvalue weighted by molar-refractivity contribution is -0.141. The Morgan fingerprint density at radius 1 is 0.500 bits per heavy atom. The molecule has 3 aromatic rings. The Morgan fingerprint density at radius 3 is 1.38 bits per heavy atom. The zero-order valence-corrected chi connectivity index (χ0v) is 38.7. The first-order chi connectivity index (χ1) is 33.0. The molecule has 2 saturated carbocycles. The van der Waals surface area contributed by atoms with Gasteiger partial charge in [-0.1, -0.05) is 13.2 Å². The van der Waals surface area contributed by atoms with Crippen LogP contribution in [0.4, 0.5) is 0 Å². The number of hydrogen-bond donors (Lipinski definition) is 1. The second-order valence-corrected chi connectivity index (χ2v) is 16.8. The number of rotatable bonds is 27. The minimum absolute atomic E-state index is 0.163. The molecule has 2 aliphatic rings. The van der Waals surface area contributed by atoms with Crippen LogP contribution in [0.3, 0.4) is 0 Å². The summed E-state index contributed by atoms with van der Waals surface area (Å²) in [6.07, 6.45) is 13.4. The van der Waals surface area contributed by atoms with Crippen molar-refractivity contribution in [1.82, 2.24) is 0 Å². The van der Waals surface area contributed by atoms with E-state index in [1.54, 1.807) is 48.5 Å². The topological polar surface area (TPSA) is 200 Å². The summed E-state index contributed by atoms with van der Waals surface area (Å²) in [5.41, 5.74) is 0.806. The molecule has 2 fully saturated rings. The Bertz CT molecular complexity index is 2150. The lowest BCUT2D eigenvalue weighted by Gasteiger charge is -2.27. The second-order valence-electron chi connectivity index (χ2n) is 16.8. The molecule has 3 aromatic carbocycles. The van der Waals surface area contributed by atoms with Crippen molar-refractivity contribution in [3.05, 3.63) is 109 Å². The Balaban J connectivity index is 0.948. The molecule has 15 nitrogen and oxygen atoms in total. The lowest BCUT2D eigenvalue weighted by Crippen LogP contribution is -2.30. The van der Waals surface area contributed by atoms with Gasteiger partial charge in [-0.3, -0.25) is 9.59 Å². The van der Waals surface area contributed by atoms with Crippen LogP contribution >= 0.6 is 0 Å². The number of ether oxygens (including phenoxy) is 8. The van der Waals surface area contributed by atoms with Crippen LogP contribution in [0.5, 0.6) is 23.0 Å². The third kappa shape index (κ3) is 17.8. The first-order valence-electron chi connectivity index (χ1n) is 23.6. The number of benzene rings is 3. The molecule has 0 unspecified atom stereocenters. The predicted octanol–water partition coefficient (Wildman–Crippen LogP) is 9.66. The molecule has 0 saturated heterocycles. The summed E-state index contributed by atoms with van der Waals surface area (Å²) in [5, 5.41) is 7.95. The second kappa shape index (κ2) is 28.4. The van der Waals surface area contributed by atoms with Gasteiger partial charge in [-0.2, -0.15) is 0 Å². The number of nitrogens with one attached hydrogen (secondary N) is 1. The fraction of sp³-hybridized carbons (Fsp3) is 0.453. The van der Waals surface area contributed by atoms with Gasteiger partial charge < -0.3 is 43.3 Å². The molecule has 68 heavy (non-hydrogen) atoms. The monoisotopic (exact) mass is 937 g/mol. The molecule has 15 heteroatoms. The molecule has 5 rings (SSSR count). The van der Waals surface area contributed by atoms with Gasteiger partial charge in [0.15, 0.2) is 0 Å². The molecule has 0 bridgehead atoms. The number of unbranched alkanes of at least 4 members (excludes halogenated alkanes) is 6. The maximum absolute atomic E-state index is 13.2. The third-order valence-corrected chi connectivity index (χ3v) is 11.7. The van der Waals surface area contributed by atoms with Crippen LogP contribution < -0.4 is 18.9 Å². The Morgan fingerprint density at radius 2 is 0.912 bits per heavy atom. The van der Waals surface area contributed by atoms with Crippen LogP contribution in [0.15, 0.2) is 92.0 Å². The van der Waals surface area contributed by atoms with E-state index in [1.807, 2.05) is 0 Å². The Labute approximate surface area is 397 Å². The van der Waals surface area contributed by atoms with Gasteiger partial charge in [0.05, 0.1) is 49.4 Å². The number of esters is 6. The molecule has 1 N–H and O–H groups in total. The first kappa shape index (κ1) is 52.2. The molecule has 0 aromatic heterocycles. The zero-order valence-electron chi connectivity index (χ0n) is 38.7. The van der Waals surface area contributed by atoms with E-state index in [2.05, 4.69) is 13.2 Å². The van der Waals surface area contributed by atoms with E-state index in [-0.39, 0.29) is 34.9 Å². The van der Waals surface area contributed by atoms with Crippen LogP contribution in [0, 0.1) is 17.2 Å². The highest BCUT2D eigenvalue weighted by atomic mass is 16.6. The molecule has 0 spiro atoms. The minimum atomic E-state index is -0.608. The van der Waals surface area contributed by atoms with E-state index < -0.39 is 41.9 Å². The fourth-order valence-corrected chi connectivity index (χ4v) is 7.83. The van der Waals surface area contributed by atoms with E-state index in [4.69, 9.17) is 43.3 Å².